The molecule has 0 unspecified atom stereocenters. The van der Waals surface area contributed by atoms with Gasteiger partial charge in [-0.3, -0.25) is 9.69 Å². The number of hydrogen-bond acceptors (Lipinski definition) is 4. The third-order valence-corrected chi connectivity index (χ3v) is 4.77. The van der Waals surface area contributed by atoms with Crippen molar-refractivity contribution in [3.05, 3.63) is 47.5 Å². The van der Waals surface area contributed by atoms with E-state index in [4.69, 9.17) is 0 Å². The molecule has 0 radical (unpaired) electrons. The Hall–Kier alpha value is -2.70. The van der Waals surface area contributed by atoms with E-state index < -0.39 is 5.54 Å². The third-order valence-electron chi connectivity index (χ3n) is 4.77. The second-order valence-corrected chi connectivity index (χ2v) is 6.90. The Morgan fingerprint density at radius 1 is 1.21 bits per heavy atom. The Morgan fingerprint density at radius 2 is 1.88 bits per heavy atom. The molecule has 1 saturated heterocycles. The summed E-state index contributed by atoms with van der Waals surface area (Å²) in [6.07, 6.45) is 3.26. The van der Waals surface area contributed by atoms with Crippen LogP contribution in [0.5, 0.6) is 0 Å². The van der Waals surface area contributed by atoms with Crippen molar-refractivity contribution in [3.8, 4) is 0 Å². The molecule has 7 nitrogen and oxygen atoms in total. The number of fused-ring (bicyclic) bond motifs is 1. The fourth-order valence-corrected chi connectivity index (χ4v) is 3.50. The summed E-state index contributed by atoms with van der Waals surface area (Å²) in [6.45, 7) is 3.54. The number of benzene rings is 1. The standard InChI is InChI=1S/C17H19N5O2/c1-17(2)15(23)21(16(24)20-17)9-14-18-10-19-22(14)13-7-11-5-3-4-6-12(11)8-13/h3-6,10,13H,7-9H2,1-2H3,(H,20,24). The van der Waals surface area contributed by atoms with Gasteiger partial charge >= 0.3 is 6.03 Å². The van der Waals surface area contributed by atoms with Gasteiger partial charge in [0.2, 0.25) is 0 Å². The zero-order valence-electron chi connectivity index (χ0n) is 13.7. The Labute approximate surface area is 139 Å². The van der Waals surface area contributed by atoms with Crippen molar-refractivity contribution in [1.82, 2.24) is 25.0 Å². The lowest BCUT2D eigenvalue weighted by molar-refractivity contribution is -0.130. The van der Waals surface area contributed by atoms with Gasteiger partial charge in [0, 0.05) is 0 Å². The molecule has 2 aromatic rings. The number of carbonyl (C=O) groups excluding carboxylic acids is 2. The molecule has 4 rings (SSSR count). The largest absolute Gasteiger partial charge is 0.325 e. The van der Waals surface area contributed by atoms with Crippen LogP contribution >= 0.6 is 0 Å². The number of nitrogens with one attached hydrogen (secondary N) is 1. The molecule has 0 bridgehead atoms. The van der Waals surface area contributed by atoms with Crippen LogP contribution in [0.4, 0.5) is 4.79 Å². The molecular formula is C17H19N5O2. The van der Waals surface area contributed by atoms with Gasteiger partial charge in [0.05, 0.1) is 12.6 Å². The monoisotopic (exact) mass is 325 g/mol. The van der Waals surface area contributed by atoms with Crippen LogP contribution in [0.1, 0.15) is 36.8 Å². The first-order chi connectivity index (χ1) is 11.5. The highest BCUT2D eigenvalue weighted by Gasteiger charge is 2.44. The minimum atomic E-state index is -0.870. The zero-order chi connectivity index (χ0) is 16.9. The highest BCUT2D eigenvalue weighted by molar-refractivity contribution is 6.06. The normalized spacial score (nSPS) is 19.7. The summed E-state index contributed by atoms with van der Waals surface area (Å²) in [6, 6.07) is 8.14. The first-order valence-corrected chi connectivity index (χ1v) is 8.05. The number of carbonyl (C=O) groups is 2. The van der Waals surface area contributed by atoms with E-state index in [-0.39, 0.29) is 24.5 Å². The molecule has 1 N–H and O–H groups in total. The Balaban J connectivity index is 1.57. The van der Waals surface area contributed by atoms with Gasteiger partial charge in [0.1, 0.15) is 17.7 Å². The average molecular weight is 325 g/mol. The highest BCUT2D eigenvalue weighted by atomic mass is 16.2. The SMILES string of the molecule is CC1(C)NC(=O)N(Cc2ncnn2C2Cc3ccccc3C2)C1=O. The molecule has 124 valence electrons. The topological polar surface area (TPSA) is 80.1 Å². The van der Waals surface area contributed by atoms with Crippen LogP contribution in [0, 0.1) is 0 Å². The summed E-state index contributed by atoms with van der Waals surface area (Å²) in [5, 5.41) is 7.03. The maximum atomic E-state index is 12.4. The predicted octanol–water partition coefficient (Wildman–Crippen LogP) is 1.45. The fraction of sp³-hybridized carbons (Fsp3) is 0.412. The van der Waals surface area contributed by atoms with Crippen molar-refractivity contribution >= 4 is 11.9 Å². The molecule has 1 aliphatic heterocycles. The van der Waals surface area contributed by atoms with Crippen molar-refractivity contribution in [2.45, 2.75) is 44.8 Å². The number of nitrogens with zero attached hydrogens (tertiary/aromatic N) is 4. The number of imide groups is 1. The van der Waals surface area contributed by atoms with Gasteiger partial charge in [-0.2, -0.15) is 5.10 Å². The van der Waals surface area contributed by atoms with Gasteiger partial charge in [0.15, 0.2) is 0 Å². The smallest absolute Gasteiger partial charge is 0.324 e. The molecule has 0 atom stereocenters. The van der Waals surface area contributed by atoms with Crippen LogP contribution in [0.2, 0.25) is 0 Å². The van der Waals surface area contributed by atoms with E-state index in [0.717, 1.165) is 12.8 Å². The minimum Gasteiger partial charge on any atom is -0.324 e. The van der Waals surface area contributed by atoms with E-state index in [1.165, 1.54) is 22.4 Å². The molecular weight excluding hydrogens is 306 g/mol. The Kier molecular flexibility index (Phi) is 3.19. The molecule has 1 aromatic heterocycles. The summed E-state index contributed by atoms with van der Waals surface area (Å²) in [4.78, 5) is 29.9. The predicted molar refractivity (Wildman–Crippen MR) is 86.1 cm³/mol. The molecule has 24 heavy (non-hydrogen) atoms. The quantitative estimate of drug-likeness (QED) is 0.866. The van der Waals surface area contributed by atoms with Crippen LogP contribution in [-0.4, -0.2) is 37.1 Å². The van der Waals surface area contributed by atoms with Crippen molar-refractivity contribution in [3.63, 3.8) is 0 Å². The van der Waals surface area contributed by atoms with Crippen LogP contribution in [0.15, 0.2) is 30.6 Å². The van der Waals surface area contributed by atoms with Gasteiger partial charge in [-0.25, -0.2) is 14.5 Å². The van der Waals surface area contributed by atoms with Crippen molar-refractivity contribution < 1.29 is 9.59 Å². The Morgan fingerprint density at radius 3 is 2.46 bits per heavy atom. The number of amides is 3. The number of aromatic nitrogens is 3. The maximum absolute atomic E-state index is 12.4. The van der Waals surface area contributed by atoms with Crippen LogP contribution in [-0.2, 0) is 24.2 Å². The maximum Gasteiger partial charge on any atom is 0.325 e. The van der Waals surface area contributed by atoms with E-state index in [9.17, 15) is 9.59 Å². The second-order valence-electron chi connectivity index (χ2n) is 6.90. The summed E-state index contributed by atoms with van der Waals surface area (Å²) >= 11 is 0. The van der Waals surface area contributed by atoms with Crippen molar-refractivity contribution in [1.29, 1.82) is 0 Å². The Bertz CT molecular complexity index is 801. The molecule has 0 spiro atoms. The number of urea groups is 1. The lowest BCUT2D eigenvalue weighted by Crippen LogP contribution is -2.40. The van der Waals surface area contributed by atoms with Gasteiger partial charge in [0.25, 0.3) is 5.91 Å². The molecule has 2 heterocycles. The first kappa shape index (κ1) is 14.9. The van der Waals surface area contributed by atoms with Gasteiger partial charge in [-0.1, -0.05) is 24.3 Å². The number of rotatable bonds is 3. The molecule has 2 aliphatic rings. The minimum absolute atomic E-state index is 0.140. The summed E-state index contributed by atoms with van der Waals surface area (Å²) in [5.74, 6) is 0.394. The van der Waals surface area contributed by atoms with Crippen LogP contribution < -0.4 is 5.32 Å². The first-order valence-electron chi connectivity index (χ1n) is 8.05. The van der Waals surface area contributed by atoms with Gasteiger partial charge in [-0.05, 0) is 37.8 Å². The van der Waals surface area contributed by atoms with Crippen LogP contribution in [0.25, 0.3) is 0 Å². The molecule has 0 saturated carbocycles. The molecule has 1 fully saturated rings. The summed E-state index contributed by atoms with van der Waals surface area (Å²) in [7, 11) is 0. The van der Waals surface area contributed by atoms with E-state index in [2.05, 4.69) is 27.5 Å². The molecule has 3 amide bonds. The van der Waals surface area contributed by atoms with E-state index in [1.807, 2.05) is 16.8 Å². The molecule has 7 heteroatoms. The highest BCUT2D eigenvalue weighted by Crippen LogP contribution is 2.30. The molecule has 1 aromatic carbocycles. The number of hydrogen-bond donors (Lipinski definition) is 1. The van der Waals surface area contributed by atoms with Crippen molar-refractivity contribution in [2.75, 3.05) is 0 Å². The molecule has 1 aliphatic carbocycles. The van der Waals surface area contributed by atoms with Gasteiger partial charge < -0.3 is 5.32 Å². The van der Waals surface area contributed by atoms with E-state index in [0.29, 0.717) is 5.82 Å². The fourth-order valence-electron chi connectivity index (χ4n) is 3.50. The van der Waals surface area contributed by atoms with E-state index >= 15 is 0 Å². The lowest BCUT2D eigenvalue weighted by atomic mass is 10.1. The lowest BCUT2D eigenvalue weighted by Gasteiger charge is -2.18. The van der Waals surface area contributed by atoms with E-state index in [1.54, 1.807) is 13.8 Å². The van der Waals surface area contributed by atoms with Crippen molar-refractivity contribution in [2.24, 2.45) is 0 Å². The summed E-state index contributed by atoms with van der Waals surface area (Å²) < 4.78 is 1.85. The van der Waals surface area contributed by atoms with Crippen LogP contribution in [0.3, 0.4) is 0 Å². The van der Waals surface area contributed by atoms with Gasteiger partial charge in [-0.15, -0.1) is 0 Å². The second kappa shape index (κ2) is 5.15. The summed E-state index contributed by atoms with van der Waals surface area (Å²) in [5.41, 5.74) is 1.77. The zero-order valence-corrected chi connectivity index (χ0v) is 13.7. The third kappa shape index (κ3) is 2.28. The average Bonchev–Trinajstić information content (AvgIpc) is 3.20.